The maximum atomic E-state index is 13.6. The van der Waals surface area contributed by atoms with Crippen molar-refractivity contribution in [3.05, 3.63) is 78.4 Å². The van der Waals surface area contributed by atoms with Gasteiger partial charge in [0, 0.05) is 29.7 Å². The SMILES string of the molecule is OC(COc1ccc(-n2ccnc2)cc1)c1ccc(F)cc1F. The molecule has 6 heteroatoms. The minimum absolute atomic E-state index is 0.00133. The predicted octanol–water partition coefficient (Wildman–Crippen LogP) is 3.26. The van der Waals surface area contributed by atoms with Gasteiger partial charge >= 0.3 is 0 Å². The van der Waals surface area contributed by atoms with Gasteiger partial charge in [0.05, 0.1) is 6.33 Å². The Kier molecular flexibility index (Phi) is 4.34. The number of nitrogens with zero attached hydrogens (tertiary/aromatic N) is 2. The fourth-order valence-corrected chi connectivity index (χ4v) is 2.16. The van der Waals surface area contributed by atoms with Crippen molar-refractivity contribution in [1.82, 2.24) is 9.55 Å². The van der Waals surface area contributed by atoms with E-state index in [1.807, 2.05) is 22.9 Å². The van der Waals surface area contributed by atoms with E-state index in [0.29, 0.717) is 5.75 Å². The predicted molar refractivity (Wildman–Crippen MR) is 80.4 cm³/mol. The molecule has 23 heavy (non-hydrogen) atoms. The Morgan fingerprint density at radius 3 is 2.57 bits per heavy atom. The van der Waals surface area contributed by atoms with Crippen LogP contribution in [0.1, 0.15) is 11.7 Å². The number of ether oxygens (including phenoxy) is 1. The first kappa shape index (κ1) is 15.2. The Bertz CT molecular complexity index is 774. The fourth-order valence-electron chi connectivity index (χ4n) is 2.16. The Morgan fingerprint density at radius 2 is 1.91 bits per heavy atom. The highest BCUT2D eigenvalue weighted by Crippen LogP contribution is 2.21. The van der Waals surface area contributed by atoms with Gasteiger partial charge in [0.15, 0.2) is 0 Å². The van der Waals surface area contributed by atoms with Crippen molar-refractivity contribution < 1.29 is 18.6 Å². The number of imidazole rings is 1. The lowest BCUT2D eigenvalue weighted by molar-refractivity contribution is 0.105. The maximum Gasteiger partial charge on any atom is 0.132 e. The van der Waals surface area contributed by atoms with Crippen LogP contribution in [0.3, 0.4) is 0 Å². The van der Waals surface area contributed by atoms with E-state index in [9.17, 15) is 13.9 Å². The third-order valence-electron chi connectivity index (χ3n) is 3.37. The number of hydrogen-bond acceptors (Lipinski definition) is 3. The topological polar surface area (TPSA) is 47.3 Å². The van der Waals surface area contributed by atoms with Crippen LogP contribution in [0, 0.1) is 11.6 Å². The molecule has 1 atom stereocenters. The Labute approximate surface area is 131 Å². The molecule has 0 fully saturated rings. The zero-order chi connectivity index (χ0) is 16.2. The molecule has 118 valence electrons. The number of rotatable bonds is 5. The summed E-state index contributed by atoms with van der Waals surface area (Å²) >= 11 is 0. The molecule has 0 radical (unpaired) electrons. The maximum absolute atomic E-state index is 13.6. The average Bonchev–Trinajstić information content (AvgIpc) is 3.07. The van der Waals surface area contributed by atoms with Gasteiger partial charge in [-0.3, -0.25) is 0 Å². The van der Waals surface area contributed by atoms with Gasteiger partial charge in [0.1, 0.15) is 30.1 Å². The average molecular weight is 316 g/mol. The summed E-state index contributed by atoms with van der Waals surface area (Å²) in [6.07, 6.45) is 4.00. The van der Waals surface area contributed by atoms with E-state index in [2.05, 4.69) is 4.98 Å². The largest absolute Gasteiger partial charge is 0.491 e. The number of aliphatic hydroxyl groups is 1. The van der Waals surface area contributed by atoms with Gasteiger partial charge < -0.3 is 14.4 Å². The fraction of sp³-hybridized carbons (Fsp3) is 0.118. The van der Waals surface area contributed by atoms with Crippen LogP contribution < -0.4 is 4.74 Å². The van der Waals surface area contributed by atoms with E-state index in [1.54, 1.807) is 24.7 Å². The summed E-state index contributed by atoms with van der Waals surface area (Å²) in [5, 5.41) is 9.96. The van der Waals surface area contributed by atoms with Crippen LogP contribution >= 0.6 is 0 Å². The summed E-state index contributed by atoms with van der Waals surface area (Å²) in [4.78, 5) is 3.96. The van der Waals surface area contributed by atoms with Crippen molar-refractivity contribution in [3.8, 4) is 11.4 Å². The first-order valence-electron chi connectivity index (χ1n) is 6.98. The van der Waals surface area contributed by atoms with Crippen LogP contribution in [0.4, 0.5) is 8.78 Å². The summed E-state index contributed by atoms with van der Waals surface area (Å²) in [7, 11) is 0. The monoisotopic (exact) mass is 316 g/mol. The van der Waals surface area contributed by atoms with Crippen molar-refractivity contribution >= 4 is 0 Å². The van der Waals surface area contributed by atoms with Gasteiger partial charge in [-0.05, 0) is 30.3 Å². The lowest BCUT2D eigenvalue weighted by Crippen LogP contribution is -2.11. The minimum atomic E-state index is -1.18. The van der Waals surface area contributed by atoms with Crippen molar-refractivity contribution in [2.45, 2.75) is 6.10 Å². The van der Waals surface area contributed by atoms with Crippen molar-refractivity contribution in [1.29, 1.82) is 0 Å². The van der Waals surface area contributed by atoms with Crippen LogP contribution in [0.15, 0.2) is 61.2 Å². The summed E-state index contributed by atoms with van der Waals surface area (Å²) in [5.41, 5.74) is 0.918. The first-order chi connectivity index (χ1) is 11.1. The van der Waals surface area contributed by atoms with Crippen LogP contribution in [0.25, 0.3) is 5.69 Å². The molecule has 2 aromatic carbocycles. The smallest absolute Gasteiger partial charge is 0.132 e. The normalized spacial score (nSPS) is 12.1. The number of aromatic nitrogens is 2. The number of halogens is 2. The van der Waals surface area contributed by atoms with Crippen LogP contribution in [0.2, 0.25) is 0 Å². The molecule has 1 N–H and O–H groups in total. The molecule has 0 spiro atoms. The molecular weight excluding hydrogens is 302 g/mol. The molecule has 0 aliphatic rings. The molecule has 3 rings (SSSR count). The highest BCUT2D eigenvalue weighted by molar-refractivity contribution is 5.37. The minimum Gasteiger partial charge on any atom is -0.491 e. The Morgan fingerprint density at radius 1 is 1.13 bits per heavy atom. The zero-order valence-electron chi connectivity index (χ0n) is 12.1. The van der Waals surface area contributed by atoms with Gasteiger partial charge in [0.2, 0.25) is 0 Å². The first-order valence-corrected chi connectivity index (χ1v) is 6.98. The highest BCUT2D eigenvalue weighted by Gasteiger charge is 2.14. The lowest BCUT2D eigenvalue weighted by Gasteiger charge is -2.14. The van der Waals surface area contributed by atoms with Gasteiger partial charge in [-0.15, -0.1) is 0 Å². The Hall–Kier alpha value is -2.73. The molecule has 1 heterocycles. The van der Waals surface area contributed by atoms with E-state index < -0.39 is 17.7 Å². The molecule has 0 saturated heterocycles. The molecule has 3 aromatic rings. The molecular formula is C17H14F2N2O2. The van der Waals surface area contributed by atoms with E-state index in [4.69, 9.17) is 4.74 Å². The second kappa shape index (κ2) is 6.58. The molecule has 1 unspecified atom stereocenters. The second-order valence-corrected chi connectivity index (χ2v) is 4.96. The van der Waals surface area contributed by atoms with Gasteiger partial charge in [-0.25, -0.2) is 13.8 Å². The van der Waals surface area contributed by atoms with Crippen LogP contribution in [0.5, 0.6) is 5.75 Å². The number of aliphatic hydroxyl groups excluding tert-OH is 1. The van der Waals surface area contributed by atoms with Crippen LogP contribution in [-0.4, -0.2) is 21.3 Å². The molecule has 0 bridgehead atoms. The lowest BCUT2D eigenvalue weighted by atomic mass is 10.1. The zero-order valence-corrected chi connectivity index (χ0v) is 12.1. The van der Waals surface area contributed by atoms with E-state index in [1.165, 1.54) is 6.07 Å². The molecule has 0 aliphatic heterocycles. The number of benzene rings is 2. The Balaban J connectivity index is 1.63. The third-order valence-corrected chi connectivity index (χ3v) is 3.37. The second-order valence-electron chi connectivity index (χ2n) is 4.96. The van der Waals surface area contributed by atoms with E-state index in [0.717, 1.165) is 17.8 Å². The van der Waals surface area contributed by atoms with Gasteiger partial charge in [-0.2, -0.15) is 0 Å². The molecule has 1 aromatic heterocycles. The standard InChI is InChI=1S/C17H14F2N2O2/c18-12-1-6-15(16(19)9-12)17(22)10-23-14-4-2-13(3-5-14)21-8-7-20-11-21/h1-9,11,17,22H,10H2. The van der Waals surface area contributed by atoms with Crippen LogP contribution in [-0.2, 0) is 0 Å². The third kappa shape index (κ3) is 3.54. The quantitative estimate of drug-likeness (QED) is 0.786. The summed E-state index contributed by atoms with van der Waals surface area (Å²) in [5.74, 6) is -0.943. The van der Waals surface area contributed by atoms with E-state index in [-0.39, 0.29) is 12.2 Å². The summed E-state index contributed by atoms with van der Waals surface area (Å²) < 4.78 is 33.7. The highest BCUT2D eigenvalue weighted by atomic mass is 19.1. The van der Waals surface area contributed by atoms with E-state index >= 15 is 0 Å². The molecule has 4 nitrogen and oxygen atoms in total. The number of hydrogen-bond donors (Lipinski definition) is 1. The molecule has 0 saturated carbocycles. The van der Waals surface area contributed by atoms with Crippen molar-refractivity contribution in [2.24, 2.45) is 0 Å². The van der Waals surface area contributed by atoms with Crippen molar-refractivity contribution in [2.75, 3.05) is 6.61 Å². The molecule has 0 aliphatic carbocycles. The molecule has 0 amide bonds. The van der Waals surface area contributed by atoms with Crippen molar-refractivity contribution in [3.63, 3.8) is 0 Å². The summed E-state index contributed by atoms with van der Waals surface area (Å²) in [6, 6.07) is 10.2. The summed E-state index contributed by atoms with van der Waals surface area (Å²) in [6.45, 7) is -0.132. The van der Waals surface area contributed by atoms with Gasteiger partial charge in [-0.1, -0.05) is 6.07 Å². The van der Waals surface area contributed by atoms with Gasteiger partial charge in [0.25, 0.3) is 0 Å².